The number of fused-ring (bicyclic) bond motifs is 1. The molecule has 1 aromatic carbocycles. The number of aromatic nitrogens is 3. The number of carbonyl (C=O) groups is 1. The lowest BCUT2D eigenvalue weighted by Gasteiger charge is -2.17. The summed E-state index contributed by atoms with van der Waals surface area (Å²) < 4.78 is 1.87. The lowest BCUT2D eigenvalue weighted by Crippen LogP contribution is -2.37. The Labute approximate surface area is 145 Å². The van der Waals surface area contributed by atoms with Gasteiger partial charge in [0, 0.05) is 35.3 Å². The monoisotopic (exact) mass is 338 g/mol. The molecule has 0 fully saturated rings. The van der Waals surface area contributed by atoms with Gasteiger partial charge in [0.15, 0.2) is 5.43 Å². The molecule has 1 unspecified atom stereocenters. The molecule has 0 aliphatic heterocycles. The summed E-state index contributed by atoms with van der Waals surface area (Å²) in [5, 5.41) is 10.7. The summed E-state index contributed by atoms with van der Waals surface area (Å²) in [6.45, 7) is 5.93. The molecule has 0 aliphatic rings. The molecule has 0 radical (unpaired) electrons. The first-order chi connectivity index (χ1) is 11.9. The van der Waals surface area contributed by atoms with Crippen LogP contribution in [0.15, 0.2) is 41.2 Å². The van der Waals surface area contributed by atoms with Gasteiger partial charge in [0.05, 0.1) is 11.2 Å². The minimum Gasteiger partial charge on any atom is -0.352 e. The maximum absolute atomic E-state index is 12.5. The minimum atomic E-state index is -0.0864. The topological polar surface area (TPSA) is 79.8 Å². The fourth-order valence-electron chi connectivity index (χ4n) is 3.07. The largest absolute Gasteiger partial charge is 0.352 e. The Morgan fingerprint density at radius 3 is 2.76 bits per heavy atom. The number of amides is 1. The predicted octanol–water partition coefficient (Wildman–Crippen LogP) is 2.09. The Bertz CT molecular complexity index is 971. The van der Waals surface area contributed by atoms with Crippen molar-refractivity contribution in [2.75, 3.05) is 0 Å². The molecule has 25 heavy (non-hydrogen) atoms. The third-order valence-electron chi connectivity index (χ3n) is 4.21. The van der Waals surface area contributed by atoms with Crippen molar-refractivity contribution in [1.82, 2.24) is 20.1 Å². The number of benzene rings is 1. The number of carbonyl (C=O) groups excluding carboxylic acids is 1. The molecular formula is C19H22N4O2. The van der Waals surface area contributed by atoms with Gasteiger partial charge in [-0.2, -0.15) is 5.10 Å². The zero-order chi connectivity index (χ0) is 18.0. The molecule has 2 aromatic heterocycles. The quantitative estimate of drug-likeness (QED) is 0.747. The molecule has 0 spiro atoms. The van der Waals surface area contributed by atoms with Crippen molar-refractivity contribution in [3.05, 3.63) is 63.7 Å². The third-order valence-corrected chi connectivity index (χ3v) is 4.21. The van der Waals surface area contributed by atoms with Crippen LogP contribution in [0.3, 0.4) is 0 Å². The van der Waals surface area contributed by atoms with Gasteiger partial charge in [-0.25, -0.2) is 0 Å². The van der Waals surface area contributed by atoms with Gasteiger partial charge in [0.1, 0.15) is 6.54 Å². The molecule has 2 heterocycles. The molecule has 0 saturated carbocycles. The van der Waals surface area contributed by atoms with Crippen LogP contribution in [-0.2, 0) is 17.8 Å². The van der Waals surface area contributed by atoms with Crippen LogP contribution in [0.1, 0.15) is 24.0 Å². The molecule has 0 aliphatic carbocycles. The van der Waals surface area contributed by atoms with E-state index in [9.17, 15) is 9.59 Å². The van der Waals surface area contributed by atoms with Crippen molar-refractivity contribution in [2.24, 2.45) is 0 Å². The summed E-state index contributed by atoms with van der Waals surface area (Å²) in [6, 6.07) is 10.9. The SMILES string of the molecule is Cc1cc(CC(C)NC(=O)Cn2c(C)cc(=O)c3ccccc32)n[nH]1. The molecule has 0 bridgehead atoms. The van der Waals surface area contributed by atoms with Crippen LogP contribution in [-0.4, -0.2) is 26.7 Å². The van der Waals surface area contributed by atoms with Crippen molar-refractivity contribution < 1.29 is 4.79 Å². The highest BCUT2D eigenvalue weighted by molar-refractivity contribution is 5.82. The average Bonchev–Trinajstić information content (AvgIpc) is 2.96. The van der Waals surface area contributed by atoms with E-state index in [4.69, 9.17) is 0 Å². The van der Waals surface area contributed by atoms with E-state index in [-0.39, 0.29) is 23.9 Å². The number of pyridine rings is 1. The molecule has 6 nitrogen and oxygen atoms in total. The van der Waals surface area contributed by atoms with Gasteiger partial charge in [-0.3, -0.25) is 14.7 Å². The van der Waals surface area contributed by atoms with Gasteiger partial charge in [0.2, 0.25) is 5.91 Å². The van der Waals surface area contributed by atoms with E-state index in [1.807, 2.05) is 49.6 Å². The van der Waals surface area contributed by atoms with Gasteiger partial charge < -0.3 is 9.88 Å². The van der Waals surface area contributed by atoms with Crippen molar-refractivity contribution in [3.63, 3.8) is 0 Å². The fraction of sp³-hybridized carbons (Fsp3) is 0.316. The Hall–Kier alpha value is -2.89. The lowest BCUT2D eigenvalue weighted by molar-refractivity contribution is -0.122. The number of hydrogen-bond donors (Lipinski definition) is 2. The molecule has 130 valence electrons. The number of para-hydroxylation sites is 1. The van der Waals surface area contributed by atoms with Crippen molar-refractivity contribution in [2.45, 2.75) is 39.8 Å². The van der Waals surface area contributed by atoms with Crippen LogP contribution < -0.4 is 10.7 Å². The first kappa shape index (κ1) is 17.0. The van der Waals surface area contributed by atoms with Crippen molar-refractivity contribution in [1.29, 1.82) is 0 Å². The van der Waals surface area contributed by atoms with E-state index in [0.717, 1.165) is 22.6 Å². The summed E-state index contributed by atoms with van der Waals surface area (Å²) in [6.07, 6.45) is 0.667. The Morgan fingerprint density at radius 2 is 2.04 bits per heavy atom. The minimum absolute atomic E-state index is 0.0213. The van der Waals surface area contributed by atoms with E-state index in [0.29, 0.717) is 11.8 Å². The maximum Gasteiger partial charge on any atom is 0.240 e. The van der Waals surface area contributed by atoms with Crippen molar-refractivity contribution in [3.8, 4) is 0 Å². The van der Waals surface area contributed by atoms with Crippen molar-refractivity contribution >= 4 is 16.8 Å². The van der Waals surface area contributed by atoms with Crippen LogP contribution in [0.2, 0.25) is 0 Å². The normalized spacial score (nSPS) is 12.3. The van der Waals surface area contributed by atoms with Crippen LogP contribution in [0, 0.1) is 13.8 Å². The maximum atomic E-state index is 12.5. The molecule has 0 saturated heterocycles. The molecule has 1 atom stereocenters. The molecule has 2 N–H and O–H groups in total. The molecule has 1 amide bonds. The fourth-order valence-corrected chi connectivity index (χ4v) is 3.07. The van der Waals surface area contributed by atoms with Crippen LogP contribution in [0.4, 0.5) is 0 Å². The zero-order valence-corrected chi connectivity index (χ0v) is 14.7. The second kappa shape index (κ2) is 6.93. The van der Waals surface area contributed by atoms with E-state index in [1.165, 1.54) is 0 Å². The van der Waals surface area contributed by atoms with Crippen LogP contribution in [0.5, 0.6) is 0 Å². The Balaban J connectivity index is 1.75. The number of hydrogen-bond acceptors (Lipinski definition) is 3. The van der Waals surface area contributed by atoms with Crippen LogP contribution in [0.25, 0.3) is 10.9 Å². The van der Waals surface area contributed by atoms with Gasteiger partial charge in [0.25, 0.3) is 0 Å². The number of aromatic amines is 1. The summed E-state index contributed by atoms with van der Waals surface area (Å²) >= 11 is 0. The second-order valence-corrected chi connectivity index (χ2v) is 6.47. The van der Waals surface area contributed by atoms with Gasteiger partial charge in [-0.1, -0.05) is 12.1 Å². The number of nitrogens with zero attached hydrogens (tertiary/aromatic N) is 2. The molecule has 3 aromatic rings. The zero-order valence-electron chi connectivity index (χ0n) is 14.7. The van der Waals surface area contributed by atoms with E-state index in [1.54, 1.807) is 12.1 Å². The highest BCUT2D eigenvalue weighted by atomic mass is 16.2. The highest BCUT2D eigenvalue weighted by Crippen LogP contribution is 2.12. The van der Waals surface area contributed by atoms with E-state index in [2.05, 4.69) is 15.5 Å². The van der Waals surface area contributed by atoms with E-state index < -0.39 is 0 Å². The lowest BCUT2D eigenvalue weighted by atomic mass is 10.1. The van der Waals surface area contributed by atoms with Gasteiger partial charge in [-0.15, -0.1) is 0 Å². The van der Waals surface area contributed by atoms with E-state index >= 15 is 0 Å². The van der Waals surface area contributed by atoms with Gasteiger partial charge in [-0.05, 0) is 39.0 Å². The molecular weight excluding hydrogens is 316 g/mol. The molecule has 6 heteroatoms. The first-order valence-electron chi connectivity index (χ1n) is 8.33. The Kier molecular flexibility index (Phi) is 4.70. The summed E-state index contributed by atoms with van der Waals surface area (Å²) in [4.78, 5) is 24.6. The number of nitrogens with one attached hydrogen (secondary N) is 2. The standard InChI is InChI=1S/C19H22N4O2/c1-12(8-15-9-13(2)21-22-15)20-19(25)11-23-14(3)10-18(24)16-6-4-5-7-17(16)23/h4-7,9-10,12H,8,11H2,1-3H3,(H,20,25)(H,21,22). The smallest absolute Gasteiger partial charge is 0.240 e. The first-order valence-corrected chi connectivity index (χ1v) is 8.33. The van der Waals surface area contributed by atoms with Gasteiger partial charge >= 0.3 is 0 Å². The second-order valence-electron chi connectivity index (χ2n) is 6.47. The average molecular weight is 338 g/mol. The van der Waals surface area contributed by atoms with Crippen LogP contribution >= 0.6 is 0 Å². The number of rotatable bonds is 5. The predicted molar refractivity (Wildman–Crippen MR) is 97.6 cm³/mol. The number of H-pyrrole nitrogens is 1. The Morgan fingerprint density at radius 1 is 1.28 bits per heavy atom. The number of aryl methyl sites for hydroxylation is 2. The third kappa shape index (κ3) is 3.79. The highest BCUT2D eigenvalue weighted by Gasteiger charge is 2.13. The molecule has 3 rings (SSSR count). The summed E-state index contributed by atoms with van der Waals surface area (Å²) in [5.74, 6) is -0.0864. The summed E-state index contributed by atoms with van der Waals surface area (Å²) in [7, 11) is 0. The summed E-state index contributed by atoms with van der Waals surface area (Å²) in [5.41, 5.74) is 3.46.